The van der Waals surface area contributed by atoms with Crippen molar-refractivity contribution < 1.29 is 9.47 Å². The minimum atomic E-state index is -0.624. The Morgan fingerprint density at radius 1 is 0.917 bits per heavy atom. The normalized spacial score (nSPS) is 26.8. The van der Waals surface area contributed by atoms with Gasteiger partial charge in [-0.05, 0) is 12.1 Å². The zero-order valence-electron chi connectivity index (χ0n) is 6.04. The van der Waals surface area contributed by atoms with Crippen LogP contribution in [-0.4, -0.2) is 11.1 Å². The monoisotopic (exact) mass is 204 g/mol. The number of halogens is 2. The number of rotatable bonds is 0. The summed E-state index contributed by atoms with van der Waals surface area (Å²) in [7, 11) is 0. The van der Waals surface area contributed by atoms with E-state index < -0.39 is 11.1 Å². The van der Waals surface area contributed by atoms with Gasteiger partial charge in [0.05, 0.1) is 0 Å². The van der Waals surface area contributed by atoms with Gasteiger partial charge in [-0.15, -0.1) is 0 Å². The van der Waals surface area contributed by atoms with Gasteiger partial charge in [0, 0.05) is 0 Å². The van der Waals surface area contributed by atoms with Crippen LogP contribution in [0.25, 0.3) is 0 Å². The molecular weight excluding hydrogens is 199 g/mol. The van der Waals surface area contributed by atoms with Gasteiger partial charge in [-0.2, -0.15) is 0 Å². The van der Waals surface area contributed by atoms with Crippen molar-refractivity contribution in [1.29, 1.82) is 0 Å². The van der Waals surface area contributed by atoms with Crippen LogP contribution in [0.1, 0.15) is 0 Å². The molecule has 1 aliphatic rings. The van der Waals surface area contributed by atoms with Gasteiger partial charge in [-0.25, -0.2) is 0 Å². The van der Waals surface area contributed by atoms with Crippen molar-refractivity contribution in [2.45, 2.75) is 11.1 Å². The van der Waals surface area contributed by atoms with Gasteiger partial charge in [0.15, 0.2) is 11.5 Å². The maximum Gasteiger partial charge on any atom is 0.222 e. The molecule has 0 radical (unpaired) electrons. The van der Waals surface area contributed by atoms with E-state index in [1.54, 1.807) is 12.1 Å². The second kappa shape index (κ2) is 3.04. The van der Waals surface area contributed by atoms with Crippen molar-refractivity contribution in [3.8, 4) is 11.5 Å². The van der Waals surface area contributed by atoms with Gasteiger partial charge < -0.3 is 9.47 Å². The van der Waals surface area contributed by atoms with E-state index in [0.29, 0.717) is 11.5 Å². The van der Waals surface area contributed by atoms with Crippen LogP contribution in [0, 0.1) is 0 Å². The van der Waals surface area contributed by atoms with E-state index in [2.05, 4.69) is 0 Å². The Morgan fingerprint density at radius 2 is 1.33 bits per heavy atom. The van der Waals surface area contributed by atoms with E-state index >= 15 is 0 Å². The van der Waals surface area contributed by atoms with E-state index in [1.165, 1.54) is 0 Å². The predicted octanol–water partition coefficient (Wildman–Crippen LogP) is 2.59. The Morgan fingerprint density at radius 3 is 1.75 bits per heavy atom. The zero-order valence-corrected chi connectivity index (χ0v) is 7.55. The molecule has 0 saturated heterocycles. The fourth-order valence-electron chi connectivity index (χ4n) is 0.994. The van der Waals surface area contributed by atoms with Crippen LogP contribution in [0.3, 0.4) is 0 Å². The molecule has 1 aliphatic heterocycles. The summed E-state index contributed by atoms with van der Waals surface area (Å²) in [6.45, 7) is 0. The number of hydrogen-bond donors (Lipinski definition) is 0. The standard InChI is InChI=1S/C8H6Cl2O2/c9-7-8(10)12-6-4-2-1-3-5(6)11-7/h1-4,7-8H. The largest absolute Gasteiger partial charge is 0.465 e. The molecule has 2 atom stereocenters. The minimum absolute atomic E-state index is 0.624. The summed E-state index contributed by atoms with van der Waals surface area (Å²) in [5.74, 6) is 1.27. The fourth-order valence-corrected chi connectivity index (χ4v) is 1.29. The zero-order chi connectivity index (χ0) is 8.55. The lowest BCUT2D eigenvalue weighted by Gasteiger charge is -2.26. The third-order valence-electron chi connectivity index (χ3n) is 1.53. The molecule has 0 spiro atoms. The lowest BCUT2D eigenvalue weighted by molar-refractivity contribution is 0.117. The van der Waals surface area contributed by atoms with E-state index in [0.717, 1.165) is 0 Å². The molecular formula is C8H6Cl2O2. The van der Waals surface area contributed by atoms with Crippen LogP contribution in [-0.2, 0) is 0 Å². The lowest BCUT2D eigenvalue weighted by Crippen LogP contribution is -2.31. The molecule has 64 valence electrons. The summed E-state index contributed by atoms with van der Waals surface area (Å²) in [5, 5.41) is 0. The first kappa shape index (κ1) is 8.02. The number of benzene rings is 1. The van der Waals surface area contributed by atoms with Crippen molar-refractivity contribution in [3.05, 3.63) is 24.3 Å². The van der Waals surface area contributed by atoms with Gasteiger partial charge in [-0.3, -0.25) is 0 Å². The molecule has 0 aromatic heterocycles. The summed E-state index contributed by atoms with van der Waals surface area (Å²) in [4.78, 5) is 0. The first-order valence-electron chi connectivity index (χ1n) is 3.48. The van der Waals surface area contributed by atoms with Gasteiger partial charge >= 0.3 is 0 Å². The van der Waals surface area contributed by atoms with Crippen LogP contribution in [0.15, 0.2) is 24.3 Å². The maximum atomic E-state index is 5.72. The SMILES string of the molecule is ClC1Oc2ccccc2OC1Cl. The molecule has 1 aromatic rings. The number of para-hydroxylation sites is 2. The van der Waals surface area contributed by atoms with Crippen molar-refractivity contribution in [2.75, 3.05) is 0 Å². The summed E-state index contributed by atoms with van der Waals surface area (Å²) in [6, 6.07) is 7.27. The topological polar surface area (TPSA) is 18.5 Å². The molecule has 1 heterocycles. The van der Waals surface area contributed by atoms with Gasteiger partial charge in [0.2, 0.25) is 11.1 Å². The van der Waals surface area contributed by atoms with Crippen molar-refractivity contribution in [2.24, 2.45) is 0 Å². The van der Waals surface area contributed by atoms with Gasteiger partial charge in [0.25, 0.3) is 0 Å². The highest BCUT2D eigenvalue weighted by atomic mass is 35.5. The second-order valence-corrected chi connectivity index (χ2v) is 3.25. The van der Waals surface area contributed by atoms with Crippen LogP contribution in [0.4, 0.5) is 0 Å². The van der Waals surface area contributed by atoms with Crippen LogP contribution in [0.5, 0.6) is 11.5 Å². The third kappa shape index (κ3) is 1.32. The van der Waals surface area contributed by atoms with E-state index in [1.807, 2.05) is 12.1 Å². The Labute approximate surface area is 80.0 Å². The molecule has 0 amide bonds. The van der Waals surface area contributed by atoms with Crippen LogP contribution in [0.2, 0.25) is 0 Å². The molecule has 2 nitrogen and oxygen atoms in total. The second-order valence-electron chi connectivity index (χ2n) is 2.38. The van der Waals surface area contributed by atoms with Crippen molar-refractivity contribution >= 4 is 23.2 Å². The van der Waals surface area contributed by atoms with Gasteiger partial charge in [0.1, 0.15) is 0 Å². The Kier molecular flexibility index (Phi) is 2.03. The average molecular weight is 205 g/mol. The minimum Gasteiger partial charge on any atom is -0.465 e. The number of alkyl halides is 2. The summed E-state index contributed by atoms with van der Waals surface area (Å²) < 4.78 is 10.5. The molecule has 2 unspecified atom stereocenters. The Balaban J connectivity index is 2.34. The van der Waals surface area contributed by atoms with E-state index in [-0.39, 0.29) is 0 Å². The molecule has 0 aliphatic carbocycles. The summed E-state index contributed by atoms with van der Waals surface area (Å²) in [5.41, 5.74) is -1.25. The smallest absolute Gasteiger partial charge is 0.222 e. The number of ether oxygens (including phenoxy) is 2. The Hall–Kier alpha value is -0.600. The van der Waals surface area contributed by atoms with Crippen LogP contribution < -0.4 is 9.47 Å². The Bertz CT molecular complexity index is 261. The third-order valence-corrected chi connectivity index (χ3v) is 2.30. The van der Waals surface area contributed by atoms with E-state index in [4.69, 9.17) is 32.7 Å². The van der Waals surface area contributed by atoms with Crippen molar-refractivity contribution in [3.63, 3.8) is 0 Å². The van der Waals surface area contributed by atoms with Crippen molar-refractivity contribution in [1.82, 2.24) is 0 Å². The first-order valence-corrected chi connectivity index (χ1v) is 4.35. The molecule has 12 heavy (non-hydrogen) atoms. The highest BCUT2D eigenvalue weighted by Crippen LogP contribution is 2.35. The number of fused-ring (bicyclic) bond motifs is 1. The summed E-state index contributed by atoms with van der Waals surface area (Å²) >= 11 is 11.4. The first-order chi connectivity index (χ1) is 5.77. The summed E-state index contributed by atoms with van der Waals surface area (Å²) in [6.07, 6.45) is 0. The highest BCUT2D eigenvalue weighted by Gasteiger charge is 2.27. The highest BCUT2D eigenvalue weighted by molar-refractivity contribution is 6.29. The molecule has 2 rings (SSSR count). The predicted molar refractivity (Wildman–Crippen MR) is 47.0 cm³/mol. The van der Waals surface area contributed by atoms with E-state index in [9.17, 15) is 0 Å². The molecule has 1 aromatic carbocycles. The average Bonchev–Trinajstić information content (AvgIpc) is 2.07. The maximum absolute atomic E-state index is 5.72. The number of hydrogen-bond acceptors (Lipinski definition) is 2. The van der Waals surface area contributed by atoms with Gasteiger partial charge in [-0.1, -0.05) is 35.3 Å². The molecule has 0 N–H and O–H groups in total. The quantitative estimate of drug-likeness (QED) is 0.606. The lowest BCUT2D eigenvalue weighted by atomic mass is 10.3. The molecule has 0 saturated carbocycles. The molecule has 4 heteroatoms. The van der Waals surface area contributed by atoms with Crippen LogP contribution >= 0.6 is 23.2 Å². The molecule has 0 fully saturated rings. The molecule has 0 bridgehead atoms. The fraction of sp³-hybridized carbons (Fsp3) is 0.250.